The van der Waals surface area contributed by atoms with E-state index >= 15 is 0 Å². The highest BCUT2D eigenvalue weighted by Crippen LogP contribution is 2.24. The zero-order valence-electron chi connectivity index (χ0n) is 8.15. The highest BCUT2D eigenvalue weighted by molar-refractivity contribution is 5.95. The Labute approximate surface area is 88.8 Å². The summed E-state index contributed by atoms with van der Waals surface area (Å²) in [7, 11) is 0. The Bertz CT molecular complexity index is 401. The maximum atomic E-state index is 11.9. The van der Waals surface area contributed by atoms with E-state index in [2.05, 4.69) is 4.74 Å². The number of benzene rings is 1. The molecule has 5 nitrogen and oxygen atoms in total. The second kappa shape index (κ2) is 4.65. The number of carbonyl (C=O) groups excluding carboxylic acids is 1. The standard InChI is InChI=1S/C9H7F2NO4/c1-5(13)6-2-7(12(14)15)4-8(3-6)16-9(10)11/h2-4,9H,1H3. The van der Waals surface area contributed by atoms with Crippen LogP contribution in [-0.2, 0) is 0 Å². The number of nitro benzene ring substituents is 1. The number of alkyl halides is 2. The van der Waals surface area contributed by atoms with E-state index in [1.807, 2.05) is 0 Å². The Morgan fingerprint density at radius 2 is 2.06 bits per heavy atom. The third-order valence-electron chi connectivity index (χ3n) is 1.73. The fourth-order valence-electron chi connectivity index (χ4n) is 1.06. The molecule has 0 spiro atoms. The van der Waals surface area contributed by atoms with Crippen LogP contribution >= 0.6 is 0 Å². The molecule has 0 aliphatic carbocycles. The molecule has 0 N–H and O–H groups in total. The van der Waals surface area contributed by atoms with Gasteiger partial charge in [-0.3, -0.25) is 14.9 Å². The van der Waals surface area contributed by atoms with E-state index in [1.54, 1.807) is 0 Å². The van der Waals surface area contributed by atoms with Crippen LogP contribution in [0.4, 0.5) is 14.5 Å². The van der Waals surface area contributed by atoms with E-state index < -0.39 is 28.8 Å². The molecule has 1 rings (SSSR count). The monoisotopic (exact) mass is 231 g/mol. The second-order valence-electron chi connectivity index (χ2n) is 2.91. The van der Waals surface area contributed by atoms with Gasteiger partial charge in [-0.2, -0.15) is 8.78 Å². The molecule has 1 aromatic carbocycles. The minimum Gasteiger partial charge on any atom is -0.435 e. The molecule has 0 fully saturated rings. The van der Waals surface area contributed by atoms with Crippen LogP contribution in [0.25, 0.3) is 0 Å². The lowest BCUT2D eigenvalue weighted by molar-refractivity contribution is -0.385. The smallest absolute Gasteiger partial charge is 0.387 e. The Hall–Kier alpha value is -2.05. The zero-order chi connectivity index (χ0) is 12.3. The molecule has 0 aliphatic rings. The van der Waals surface area contributed by atoms with Crippen molar-refractivity contribution in [1.29, 1.82) is 0 Å². The van der Waals surface area contributed by atoms with E-state index in [0.29, 0.717) is 0 Å². The Kier molecular flexibility index (Phi) is 3.49. The highest BCUT2D eigenvalue weighted by Gasteiger charge is 2.15. The number of Topliss-reactive ketones (excluding diaryl/α,β-unsaturated/α-hetero) is 1. The third kappa shape index (κ3) is 2.97. The zero-order valence-corrected chi connectivity index (χ0v) is 8.15. The summed E-state index contributed by atoms with van der Waals surface area (Å²) in [5.74, 6) is -0.878. The van der Waals surface area contributed by atoms with Gasteiger partial charge in [0, 0.05) is 11.6 Å². The van der Waals surface area contributed by atoms with Crippen molar-refractivity contribution in [3.8, 4) is 5.75 Å². The Balaban J connectivity index is 3.18. The molecule has 0 aliphatic heterocycles. The second-order valence-corrected chi connectivity index (χ2v) is 2.91. The fourth-order valence-corrected chi connectivity index (χ4v) is 1.06. The van der Waals surface area contributed by atoms with Crippen molar-refractivity contribution >= 4 is 11.5 Å². The molecule has 0 heterocycles. The van der Waals surface area contributed by atoms with Crippen LogP contribution in [0.1, 0.15) is 17.3 Å². The first-order chi connectivity index (χ1) is 7.40. The molecule has 0 amide bonds. The van der Waals surface area contributed by atoms with Crippen molar-refractivity contribution in [3.05, 3.63) is 33.9 Å². The van der Waals surface area contributed by atoms with Crippen molar-refractivity contribution in [2.75, 3.05) is 0 Å². The van der Waals surface area contributed by atoms with E-state index in [9.17, 15) is 23.7 Å². The number of carbonyl (C=O) groups is 1. The summed E-state index contributed by atoms with van der Waals surface area (Å²) in [6.45, 7) is -1.92. The van der Waals surface area contributed by atoms with Gasteiger partial charge in [-0.25, -0.2) is 0 Å². The van der Waals surface area contributed by atoms with E-state index in [1.165, 1.54) is 6.92 Å². The van der Waals surface area contributed by atoms with Gasteiger partial charge in [0.15, 0.2) is 5.78 Å². The highest BCUT2D eigenvalue weighted by atomic mass is 19.3. The summed E-state index contributed by atoms with van der Waals surface area (Å²) in [4.78, 5) is 20.7. The number of non-ortho nitro benzene ring substituents is 1. The molecule has 7 heteroatoms. The molecule has 0 radical (unpaired) electrons. The van der Waals surface area contributed by atoms with Gasteiger partial charge in [0.2, 0.25) is 0 Å². The van der Waals surface area contributed by atoms with Gasteiger partial charge in [0.05, 0.1) is 11.0 Å². The van der Waals surface area contributed by atoms with Gasteiger partial charge in [0.1, 0.15) is 5.75 Å². The summed E-state index contributed by atoms with van der Waals surface area (Å²) in [5.41, 5.74) is -0.520. The molecular weight excluding hydrogens is 224 g/mol. The molecule has 1 aromatic rings. The van der Waals surface area contributed by atoms with Crippen LogP contribution in [0, 0.1) is 10.1 Å². The van der Waals surface area contributed by atoms with Gasteiger partial charge in [-0.05, 0) is 13.0 Å². The first-order valence-corrected chi connectivity index (χ1v) is 4.15. The lowest BCUT2D eigenvalue weighted by atomic mass is 10.1. The maximum absolute atomic E-state index is 11.9. The minimum absolute atomic E-state index is 0.0511. The summed E-state index contributed by atoms with van der Waals surface area (Å²) < 4.78 is 27.8. The molecule has 0 atom stereocenters. The number of ketones is 1. The number of nitrogens with zero attached hydrogens (tertiary/aromatic N) is 1. The SMILES string of the molecule is CC(=O)c1cc(OC(F)F)cc([N+](=O)[O-])c1. The molecule has 0 bridgehead atoms. The van der Waals surface area contributed by atoms with Crippen molar-refractivity contribution in [2.45, 2.75) is 13.5 Å². The molecule has 0 unspecified atom stereocenters. The third-order valence-corrected chi connectivity index (χ3v) is 1.73. The summed E-state index contributed by atoms with van der Waals surface area (Å²) in [6.07, 6.45) is 0. The van der Waals surface area contributed by atoms with Crippen molar-refractivity contribution in [1.82, 2.24) is 0 Å². The predicted molar refractivity (Wildman–Crippen MR) is 49.7 cm³/mol. The molecule has 0 saturated heterocycles. The molecule has 16 heavy (non-hydrogen) atoms. The summed E-state index contributed by atoms with van der Waals surface area (Å²) in [5, 5.41) is 10.5. The molecular formula is C9H7F2NO4. The van der Waals surface area contributed by atoms with Crippen LogP contribution in [0.15, 0.2) is 18.2 Å². The normalized spacial score (nSPS) is 10.2. The van der Waals surface area contributed by atoms with Crippen molar-refractivity contribution < 1.29 is 23.2 Å². The minimum atomic E-state index is -3.10. The predicted octanol–water partition coefficient (Wildman–Crippen LogP) is 2.40. The molecule has 0 saturated carbocycles. The first-order valence-electron chi connectivity index (χ1n) is 4.15. The average Bonchev–Trinajstić information content (AvgIpc) is 2.15. The van der Waals surface area contributed by atoms with Gasteiger partial charge in [-0.15, -0.1) is 0 Å². The average molecular weight is 231 g/mol. The fraction of sp³-hybridized carbons (Fsp3) is 0.222. The number of hydrogen-bond acceptors (Lipinski definition) is 4. The van der Waals surface area contributed by atoms with E-state index in [0.717, 1.165) is 18.2 Å². The van der Waals surface area contributed by atoms with E-state index in [4.69, 9.17) is 0 Å². The lowest BCUT2D eigenvalue weighted by Crippen LogP contribution is -2.04. The topological polar surface area (TPSA) is 69.4 Å². The number of halogens is 2. The van der Waals surface area contributed by atoms with Gasteiger partial charge >= 0.3 is 6.61 Å². The first kappa shape index (κ1) is 12.0. The van der Waals surface area contributed by atoms with Gasteiger partial charge in [0.25, 0.3) is 5.69 Å². The Morgan fingerprint density at radius 3 is 2.50 bits per heavy atom. The largest absolute Gasteiger partial charge is 0.435 e. The van der Waals surface area contributed by atoms with Crippen molar-refractivity contribution in [2.24, 2.45) is 0 Å². The van der Waals surface area contributed by atoms with Crippen molar-refractivity contribution in [3.63, 3.8) is 0 Å². The number of nitro groups is 1. The van der Waals surface area contributed by atoms with Crippen LogP contribution < -0.4 is 4.74 Å². The van der Waals surface area contributed by atoms with Gasteiger partial charge < -0.3 is 4.74 Å². The Morgan fingerprint density at radius 1 is 1.44 bits per heavy atom. The molecule has 0 aromatic heterocycles. The van der Waals surface area contributed by atoms with Crippen LogP contribution in [-0.4, -0.2) is 17.3 Å². The van der Waals surface area contributed by atoms with Crippen LogP contribution in [0.3, 0.4) is 0 Å². The van der Waals surface area contributed by atoms with Gasteiger partial charge in [-0.1, -0.05) is 0 Å². The van der Waals surface area contributed by atoms with Crippen LogP contribution in [0.5, 0.6) is 5.75 Å². The van der Waals surface area contributed by atoms with E-state index in [-0.39, 0.29) is 5.56 Å². The summed E-state index contributed by atoms with van der Waals surface area (Å²) in [6, 6.07) is 2.86. The lowest BCUT2D eigenvalue weighted by Gasteiger charge is -2.05. The molecule has 86 valence electrons. The number of rotatable bonds is 4. The number of ether oxygens (including phenoxy) is 1. The summed E-state index contributed by atoms with van der Waals surface area (Å²) >= 11 is 0. The quantitative estimate of drug-likeness (QED) is 0.453. The number of hydrogen-bond donors (Lipinski definition) is 0. The van der Waals surface area contributed by atoms with Crippen LogP contribution in [0.2, 0.25) is 0 Å². The maximum Gasteiger partial charge on any atom is 0.387 e.